The maximum atomic E-state index is 12.6. The van der Waals surface area contributed by atoms with Crippen molar-refractivity contribution in [2.75, 3.05) is 14.1 Å². The van der Waals surface area contributed by atoms with Crippen LogP contribution < -0.4 is 0 Å². The number of hydrogen-bond donors (Lipinski definition) is 0. The lowest BCUT2D eigenvalue weighted by Gasteiger charge is -2.28. The predicted octanol–water partition coefficient (Wildman–Crippen LogP) is 4.43. The first-order chi connectivity index (χ1) is 14.3. The lowest BCUT2D eigenvalue weighted by atomic mass is 10.1. The molecule has 1 aliphatic heterocycles. The molecule has 4 rings (SSSR count). The normalized spacial score (nSPS) is 14.8. The number of halogens is 2. The van der Waals surface area contributed by atoms with Crippen molar-refractivity contribution in [3.8, 4) is 0 Å². The third-order valence-corrected chi connectivity index (χ3v) is 5.84. The van der Waals surface area contributed by atoms with Crippen LogP contribution in [0.5, 0.6) is 0 Å². The van der Waals surface area contributed by atoms with Crippen LogP contribution in [-0.2, 0) is 16.1 Å². The summed E-state index contributed by atoms with van der Waals surface area (Å²) >= 11 is 12.2. The fraction of sp³-hybridized carbons (Fsp3) is 0.136. The minimum absolute atomic E-state index is 0.0583. The Labute approximate surface area is 182 Å². The SMILES string of the molecule is CN1C(=O)C(=Cc2cn(Cc3ccc(Cl)c(Cl)c3)c3ccccc23)C(=O)N(C)C1=O. The molecular formula is C22H17Cl2N3O3. The first-order valence-corrected chi connectivity index (χ1v) is 9.87. The topological polar surface area (TPSA) is 62.6 Å². The van der Waals surface area contributed by atoms with Crippen molar-refractivity contribution in [2.24, 2.45) is 0 Å². The minimum atomic E-state index is -0.649. The molecule has 3 aromatic rings. The van der Waals surface area contributed by atoms with Crippen LogP contribution in [0.15, 0.2) is 54.2 Å². The summed E-state index contributed by atoms with van der Waals surface area (Å²) in [5, 5.41) is 1.84. The molecule has 0 unspecified atom stereocenters. The van der Waals surface area contributed by atoms with Crippen LogP contribution in [0.2, 0.25) is 10.0 Å². The zero-order valence-electron chi connectivity index (χ0n) is 16.2. The fourth-order valence-electron chi connectivity index (χ4n) is 3.49. The fourth-order valence-corrected chi connectivity index (χ4v) is 3.81. The molecule has 8 heteroatoms. The number of aromatic nitrogens is 1. The van der Waals surface area contributed by atoms with Crippen molar-refractivity contribution in [2.45, 2.75) is 6.54 Å². The minimum Gasteiger partial charge on any atom is -0.342 e. The van der Waals surface area contributed by atoms with Crippen LogP contribution >= 0.6 is 23.2 Å². The van der Waals surface area contributed by atoms with Crippen LogP contribution in [-0.4, -0.2) is 46.3 Å². The number of amides is 4. The maximum absolute atomic E-state index is 12.6. The third kappa shape index (κ3) is 3.38. The Hall–Kier alpha value is -3.09. The van der Waals surface area contributed by atoms with Gasteiger partial charge in [-0.25, -0.2) is 4.79 Å². The van der Waals surface area contributed by atoms with Crippen LogP contribution in [0.3, 0.4) is 0 Å². The first-order valence-electron chi connectivity index (χ1n) is 9.11. The Balaban J connectivity index is 1.80. The molecular weight excluding hydrogens is 425 g/mol. The number of benzene rings is 2. The van der Waals surface area contributed by atoms with Gasteiger partial charge in [-0.15, -0.1) is 0 Å². The van der Waals surface area contributed by atoms with Gasteiger partial charge in [0.15, 0.2) is 0 Å². The van der Waals surface area contributed by atoms with Gasteiger partial charge in [-0.1, -0.05) is 47.5 Å². The average Bonchev–Trinajstić information content (AvgIpc) is 3.08. The number of barbiturate groups is 1. The van der Waals surface area contributed by atoms with E-state index in [-0.39, 0.29) is 5.57 Å². The molecule has 1 fully saturated rings. The van der Waals surface area contributed by atoms with Crippen molar-refractivity contribution < 1.29 is 14.4 Å². The molecule has 0 atom stereocenters. The van der Waals surface area contributed by atoms with E-state index in [1.807, 2.05) is 41.1 Å². The molecule has 6 nitrogen and oxygen atoms in total. The van der Waals surface area contributed by atoms with Gasteiger partial charge in [0.05, 0.1) is 10.0 Å². The monoisotopic (exact) mass is 441 g/mol. The van der Waals surface area contributed by atoms with Crippen LogP contribution in [0.25, 0.3) is 17.0 Å². The summed E-state index contributed by atoms with van der Waals surface area (Å²) in [5.74, 6) is -1.24. The molecule has 30 heavy (non-hydrogen) atoms. The molecule has 2 aromatic carbocycles. The summed E-state index contributed by atoms with van der Waals surface area (Å²) in [6.07, 6.45) is 3.41. The van der Waals surface area contributed by atoms with E-state index in [1.54, 1.807) is 12.1 Å². The maximum Gasteiger partial charge on any atom is 0.333 e. The van der Waals surface area contributed by atoms with Gasteiger partial charge in [0.2, 0.25) is 0 Å². The molecule has 0 radical (unpaired) electrons. The van der Waals surface area contributed by atoms with E-state index in [1.165, 1.54) is 20.2 Å². The number of para-hydroxylation sites is 1. The Morgan fingerprint density at radius 2 is 1.57 bits per heavy atom. The first kappa shape index (κ1) is 20.2. The standard InChI is InChI=1S/C22H17Cl2N3O3/c1-25-20(28)16(21(29)26(2)22(25)30)10-14-12-27(19-6-4-3-5-15(14)19)11-13-7-8-17(23)18(24)9-13/h3-10,12H,11H2,1-2H3. The van der Waals surface area contributed by atoms with Gasteiger partial charge in [0.1, 0.15) is 5.57 Å². The van der Waals surface area contributed by atoms with Crippen molar-refractivity contribution in [3.63, 3.8) is 0 Å². The molecule has 0 spiro atoms. The molecule has 152 valence electrons. The van der Waals surface area contributed by atoms with E-state index in [2.05, 4.69) is 0 Å². The molecule has 2 heterocycles. The molecule has 0 saturated carbocycles. The zero-order chi connectivity index (χ0) is 21.6. The van der Waals surface area contributed by atoms with Gasteiger partial charge in [-0.05, 0) is 29.8 Å². The van der Waals surface area contributed by atoms with Crippen molar-refractivity contribution in [1.29, 1.82) is 0 Å². The van der Waals surface area contributed by atoms with Crippen LogP contribution in [0, 0.1) is 0 Å². The smallest absolute Gasteiger partial charge is 0.333 e. The number of urea groups is 1. The number of imide groups is 2. The summed E-state index contributed by atoms with van der Waals surface area (Å²) in [6.45, 7) is 0.529. The van der Waals surface area contributed by atoms with E-state index in [4.69, 9.17) is 23.2 Å². The molecule has 0 bridgehead atoms. The highest BCUT2D eigenvalue weighted by molar-refractivity contribution is 6.42. The summed E-state index contributed by atoms with van der Waals surface area (Å²) in [7, 11) is 2.71. The van der Waals surface area contributed by atoms with E-state index in [9.17, 15) is 14.4 Å². The molecule has 1 aromatic heterocycles. The van der Waals surface area contributed by atoms with Crippen LogP contribution in [0.1, 0.15) is 11.1 Å². The highest BCUT2D eigenvalue weighted by Crippen LogP contribution is 2.28. The van der Waals surface area contributed by atoms with Gasteiger partial charge < -0.3 is 4.57 Å². The van der Waals surface area contributed by atoms with E-state index in [0.717, 1.165) is 26.3 Å². The zero-order valence-corrected chi connectivity index (χ0v) is 17.7. The third-order valence-electron chi connectivity index (χ3n) is 5.10. The average molecular weight is 442 g/mol. The second kappa shape index (κ2) is 7.63. The van der Waals surface area contributed by atoms with E-state index >= 15 is 0 Å². The lowest BCUT2D eigenvalue weighted by Crippen LogP contribution is -2.52. The molecule has 0 aliphatic carbocycles. The van der Waals surface area contributed by atoms with Gasteiger partial charge in [-0.2, -0.15) is 0 Å². The van der Waals surface area contributed by atoms with E-state index < -0.39 is 17.8 Å². The summed E-state index contributed by atoms with van der Waals surface area (Å²) < 4.78 is 2.01. The number of carbonyl (C=O) groups is 3. The summed E-state index contributed by atoms with van der Waals surface area (Å²) in [4.78, 5) is 38.9. The van der Waals surface area contributed by atoms with Crippen LogP contribution in [0.4, 0.5) is 4.79 Å². The number of nitrogens with zero attached hydrogens (tertiary/aromatic N) is 3. The highest BCUT2D eigenvalue weighted by atomic mass is 35.5. The number of rotatable bonds is 3. The second-order valence-corrected chi connectivity index (χ2v) is 7.86. The van der Waals surface area contributed by atoms with Crippen molar-refractivity contribution >= 4 is 58.0 Å². The van der Waals surface area contributed by atoms with Gasteiger partial charge in [-0.3, -0.25) is 19.4 Å². The Bertz CT molecular complexity index is 1220. The summed E-state index contributed by atoms with van der Waals surface area (Å²) in [6, 6.07) is 12.5. The molecule has 1 aliphatic rings. The van der Waals surface area contributed by atoms with Crippen molar-refractivity contribution in [3.05, 3.63) is 75.4 Å². The Morgan fingerprint density at radius 1 is 0.900 bits per heavy atom. The molecule has 4 amide bonds. The molecule has 1 saturated heterocycles. The Kier molecular flexibility index (Phi) is 5.13. The van der Waals surface area contributed by atoms with Crippen molar-refractivity contribution in [1.82, 2.24) is 14.4 Å². The molecule has 0 N–H and O–H groups in total. The van der Waals surface area contributed by atoms with Gasteiger partial charge in [0, 0.05) is 43.3 Å². The number of carbonyl (C=O) groups excluding carboxylic acids is 3. The van der Waals surface area contributed by atoms with Gasteiger partial charge in [0.25, 0.3) is 11.8 Å². The highest BCUT2D eigenvalue weighted by Gasteiger charge is 2.37. The number of likely N-dealkylation sites (N-methyl/N-ethyl adjacent to an activating group) is 2. The summed E-state index contributed by atoms with van der Waals surface area (Å²) in [5.41, 5.74) is 2.54. The largest absolute Gasteiger partial charge is 0.342 e. The number of hydrogen-bond acceptors (Lipinski definition) is 3. The van der Waals surface area contributed by atoms with E-state index in [0.29, 0.717) is 22.2 Å². The Morgan fingerprint density at radius 3 is 2.23 bits per heavy atom. The predicted molar refractivity (Wildman–Crippen MR) is 116 cm³/mol. The van der Waals surface area contributed by atoms with Gasteiger partial charge >= 0.3 is 6.03 Å². The second-order valence-electron chi connectivity index (χ2n) is 7.05. The quantitative estimate of drug-likeness (QED) is 0.446. The lowest BCUT2D eigenvalue weighted by molar-refractivity contribution is -0.134. The number of fused-ring (bicyclic) bond motifs is 1.